The van der Waals surface area contributed by atoms with Crippen molar-refractivity contribution in [1.29, 1.82) is 0 Å². The van der Waals surface area contributed by atoms with E-state index in [0.717, 1.165) is 50.3 Å². The van der Waals surface area contributed by atoms with Gasteiger partial charge in [-0.05, 0) is 72.9 Å². The molecular weight excluding hydrogens is 583 g/mol. The first-order valence-corrected chi connectivity index (χ1v) is 15.8. The first-order valence-electron chi connectivity index (χ1n) is 15.5. The summed E-state index contributed by atoms with van der Waals surface area (Å²) in [6, 6.07) is 10.2. The van der Waals surface area contributed by atoms with E-state index in [0.29, 0.717) is 0 Å². The van der Waals surface area contributed by atoms with Crippen molar-refractivity contribution in [2.75, 3.05) is 19.6 Å². The number of halogens is 2. The quantitative estimate of drug-likeness (QED) is 0.486. The first-order chi connectivity index (χ1) is 21.0. The molecule has 230 valence electrons. The molecule has 1 aliphatic carbocycles. The average molecular weight is 619 g/mol. The van der Waals surface area contributed by atoms with Gasteiger partial charge < -0.3 is 9.80 Å². The van der Waals surface area contributed by atoms with Crippen molar-refractivity contribution in [3.05, 3.63) is 75.1 Å². The Kier molecular flexibility index (Phi) is 7.16. The fraction of sp³-hybridized carbons (Fsp3) is 0.471. The monoisotopic (exact) mass is 618 g/mol. The molecule has 8 rings (SSSR count). The fourth-order valence-corrected chi connectivity index (χ4v) is 7.93. The van der Waals surface area contributed by atoms with Crippen molar-refractivity contribution in [2.24, 2.45) is 5.41 Å². The SMILES string of the molecule is CC1(C)CCC(CN2CC3CC(C2)N3C(=O)c2ccc3c(c2F)CN(C2CCC(=O)NC2=O)C3=O)=C(c2ccc(Cl)cc2)C1. The van der Waals surface area contributed by atoms with Crippen LogP contribution in [-0.4, -0.2) is 76.1 Å². The number of rotatable bonds is 5. The minimum Gasteiger partial charge on any atom is -0.330 e. The largest absolute Gasteiger partial charge is 0.330 e. The van der Waals surface area contributed by atoms with Crippen molar-refractivity contribution >= 4 is 40.8 Å². The van der Waals surface area contributed by atoms with E-state index < -0.39 is 23.7 Å². The number of piperidine rings is 2. The van der Waals surface area contributed by atoms with Gasteiger partial charge in [-0.3, -0.25) is 29.4 Å². The number of hydrogen-bond donors (Lipinski definition) is 1. The molecule has 0 radical (unpaired) electrons. The molecule has 2 bridgehead atoms. The van der Waals surface area contributed by atoms with Crippen LogP contribution in [0.1, 0.15) is 84.2 Å². The third-order valence-electron chi connectivity index (χ3n) is 10.2. The zero-order chi connectivity index (χ0) is 30.9. The van der Waals surface area contributed by atoms with Crippen LogP contribution < -0.4 is 5.32 Å². The Morgan fingerprint density at radius 3 is 2.48 bits per heavy atom. The maximum atomic E-state index is 15.9. The molecule has 5 heterocycles. The van der Waals surface area contributed by atoms with E-state index in [1.54, 1.807) is 0 Å². The maximum absolute atomic E-state index is 15.9. The van der Waals surface area contributed by atoms with E-state index in [-0.39, 0.29) is 65.4 Å². The summed E-state index contributed by atoms with van der Waals surface area (Å²) in [5.74, 6) is -2.43. The minimum atomic E-state index is -0.836. The number of nitrogens with one attached hydrogen (secondary N) is 1. The fourth-order valence-electron chi connectivity index (χ4n) is 7.80. The van der Waals surface area contributed by atoms with Gasteiger partial charge in [0, 0.05) is 54.3 Å². The number of amides is 4. The first kappa shape index (κ1) is 29.2. The van der Waals surface area contributed by atoms with Crippen molar-refractivity contribution < 1.29 is 23.6 Å². The van der Waals surface area contributed by atoms with Gasteiger partial charge in [0.25, 0.3) is 11.8 Å². The van der Waals surface area contributed by atoms with E-state index in [1.165, 1.54) is 33.7 Å². The Hall–Kier alpha value is -3.56. The Balaban J connectivity index is 1.05. The number of fused-ring (bicyclic) bond motifs is 3. The molecule has 2 aromatic rings. The Morgan fingerprint density at radius 1 is 1.05 bits per heavy atom. The Bertz CT molecular complexity index is 1610. The number of carbonyl (C=O) groups excluding carboxylic acids is 4. The zero-order valence-corrected chi connectivity index (χ0v) is 25.8. The normalized spacial score (nSPS) is 26.5. The number of nitrogens with zero attached hydrogens (tertiary/aromatic N) is 3. The van der Waals surface area contributed by atoms with Gasteiger partial charge in [-0.25, -0.2) is 4.39 Å². The molecule has 5 aliphatic heterocycles. The molecule has 8 nitrogen and oxygen atoms in total. The molecule has 0 aromatic heterocycles. The van der Waals surface area contributed by atoms with Crippen LogP contribution in [0.25, 0.3) is 5.57 Å². The molecule has 0 saturated carbocycles. The lowest BCUT2D eigenvalue weighted by atomic mass is 9.72. The van der Waals surface area contributed by atoms with Gasteiger partial charge in [0.1, 0.15) is 11.9 Å². The maximum Gasteiger partial charge on any atom is 0.257 e. The summed E-state index contributed by atoms with van der Waals surface area (Å²) in [5, 5.41) is 2.98. The summed E-state index contributed by atoms with van der Waals surface area (Å²) >= 11 is 6.17. The predicted molar refractivity (Wildman–Crippen MR) is 163 cm³/mol. The van der Waals surface area contributed by atoms with Gasteiger partial charge >= 0.3 is 0 Å². The van der Waals surface area contributed by atoms with Gasteiger partial charge in [-0.2, -0.15) is 0 Å². The summed E-state index contributed by atoms with van der Waals surface area (Å²) in [6.07, 6.45) is 4.39. The number of piperazine rings is 1. The van der Waals surface area contributed by atoms with Crippen LogP contribution in [0.5, 0.6) is 0 Å². The van der Waals surface area contributed by atoms with Crippen LogP contribution in [0.2, 0.25) is 5.02 Å². The lowest BCUT2D eigenvalue weighted by Crippen LogP contribution is -2.70. The molecule has 3 unspecified atom stereocenters. The lowest BCUT2D eigenvalue weighted by molar-refractivity contribution is -0.136. The molecule has 0 spiro atoms. The lowest BCUT2D eigenvalue weighted by Gasteiger charge is -2.56. The predicted octanol–water partition coefficient (Wildman–Crippen LogP) is 4.80. The third kappa shape index (κ3) is 5.04. The van der Waals surface area contributed by atoms with E-state index in [1.807, 2.05) is 17.0 Å². The van der Waals surface area contributed by atoms with Crippen molar-refractivity contribution in [3.63, 3.8) is 0 Å². The van der Waals surface area contributed by atoms with E-state index in [9.17, 15) is 19.2 Å². The zero-order valence-electron chi connectivity index (χ0n) is 25.0. The van der Waals surface area contributed by atoms with E-state index in [4.69, 9.17) is 11.6 Å². The van der Waals surface area contributed by atoms with Crippen LogP contribution in [0.3, 0.4) is 0 Å². The van der Waals surface area contributed by atoms with Gasteiger partial charge in [0.15, 0.2) is 0 Å². The minimum absolute atomic E-state index is 0.00937. The summed E-state index contributed by atoms with van der Waals surface area (Å²) in [5.41, 5.74) is 4.56. The molecule has 6 aliphatic rings. The standard InChI is InChI=1S/C34H36ClFN4O4/c1-34(2)12-11-20(26(14-34)19-3-5-21(35)6-4-19)15-38-16-22-13-23(17-38)40(22)33(44)25-8-7-24-27(30(25)36)18-39(32(24)43)28-9-10-29(41)37-31(28)42/h3-8,22-23,28H,9-18H2,1-2H3,(H,37,41,42). The van der Waals surface area contributed by atoms with Gasteiger partial charge in [0.2, 0.25) is 11.8 Å². The van der Waals surface area contributed by atoms with Crippen LogP contribution >= 0.6 is 11.6 Å². The summed E-state index contributed by atoms with van der Waals surface area (Å²) < 4.78 is 15.9. The number of imide groups is 1. The van der Waals surface area contributed by atoms with E-state index in [2.05, 4.69) is 36.2 Å². The summed E-state index contributed by atoms with van der Waals surface area (Å²) in [4.78, 5) is 56.3. The molecule has 2 aromatic carbocycles. The highest BCUT2D eigenvalue weighted by Crippen LogP contribution is 2.44. The molecule has 10 heteroatoms. The topological polar surface area (TPSA) is 90.0 Å². The molecule has 4 fully saturated rings. The van der Waals surface area contributed by atoms with Crippen molar-refractivity contribution in [2.45, 2.75) is 77.0 Å². The number of hydrogen-bond acceptors (Lipinski definition) is 5. The number of allylic oxidation sites excluding steroid dienone is 1. The van der Waals surface area contributed by atoms with Crippen molar-refractivity contribution in [3.8, 4) is 0 Å². The Labute approximate surface area is 261 Å². The third-order valence-corrected chi connectivity index (χ3v) is 10.4. The van der Waals surface area contributed by atoms with Crippen LogP contribution in [0, 0.1) is 11.2 Å². The smallest absolute Gasteiger partial charge is 0.257 e. The molecule has 4 saturated heterocycles. The molecule has 4 amide bonds. The second-order valence-corrected chi connectivity index (χ2v) is 14.2. The van der Waals surface area contributed by atoms with Gasteiger partial charge in [-0.1, -0.05) is 43.2 Å². The highest BCUT2D eigenvalue weighted by atomic mass is 35.5. The highest BCUT2D eigenvalue weighted by Gasteiger charge is 2.49. The number of carbonyl (C=O) groups is 4. The molecular formula is C34H36ClFN4O4. The van der Waals surface area contributed by atoms with Crippen LogP contribution in [-0.2, 0) is 16.1 Å². The second-order valence-electron chi connectivity index (χ2n) is 13.7. The second kappa shape index (κ2) is 10.8. The highest BCUT2D eigenvalue weighted by molar-refractivity contribution is 6.30. The van der Waals surface area contributed by atoms with Crippen LogP contribution in [0.15, 0.2) is 42.0 Å². The molecule has 1 N–H and O–H groups in total. The Morgan fingerprint density at radius 2 is 1.77 bits per heavy atom. The summed E-state index contributed by atoms with van der Waals surface area (Å²) in [7, 11) is 0. The summed E-state index contributed by atoms with van der Waals surface area (Å²) in [6.45, 7) is 6.86. The average Bonchev–Trinajstić information content (AvgIpc) is 3.31. The molecule has 44 heavy (non-hydrogen) atoms. The van der Waals surface area contributed by atoms with Crippen molar-refractivity contribution in [1.82, 2.24) is 20.0 Å². The van der Waals surface area contributed by atoms with E-state index >= 15 is 4.39 Å². The molecule has 3 atom stereocenters. The van der Waals surface area contributed by atoms with Gasteiger partial charge in [0.05, 0.1) is 12.1 Å². The van der Waals surface area contributed by atoms with Crippen LogP contribution in [0.4, 0.5) is 4.39 Å². The number of benzene rings is 2. The van der Waals surface area contributed by atoms with Gasteiger partial charge in [-0.15, -0.1) is 0 Å².